The minimum atomic E-state index is -1.11. The molecular formula is C39H41N3O5. The number of pyridine rings is 2. The van der Waals surface area contributed by atoms with Gasteiger partial charge in [-0.15, -0.1) is 0 Å². The first-order valence-corrected chi connectivity index (χ1v) is 16.0. The highest BCUT2D eigenvalue weighted by atomic mass is 16.6. The Hall–Kier alpha value is -4.95. The maximum Gasteiger partial charge on any atom is 0.410 e. The van der Waals surface area contributed by atoms with E-state index in [0.717, 1.165) is 38.7 Å². The van der Waals surface area contributed by atoms with Gasteiger partial charge in [-0.05, 0) is 68.1 Å². The number of carbonyl (C=O) groups excluding carboxylic acids is 1. The van der Waals surface area contributed by atoms with Crippen LogP contribution >= 0.6 is 0 Å². The number of benzene rings is 3. The van der Waals surface area contributed by atoms with Gasteiger partial charge in [0.15, 0.2) is 0 Å². The molecule has 8 nitrogen and oxygen atoms in total. The molecule has 0 bridgehead atoms. The Bertz CT molecular complexity index is 1840. The molecule has 0 aliphatic carbocycles. The van der Waals surface area contributed by atoms with E-state index in [1.807, 2.05) is 131 Å². The van der Waals surface area contributed by atoms with E-state index in [-0.39, 0.29) is 12.0 Å². The van der Waals surface area contributed by atoms with Crippen LogP contribution in [0.4, 0.5) is 4.79 Å². The van der Waals surface area contributed by atoms with Crippen molar-refractivity contribution in [2.45, 2.75) is 58.5 Å². The molecule has 1 saturated heterocycles. The summed E-state index contributed by atoms with van der Waals surface area (Å²) < 4.78 is 17.9. The molecule has 2 unspecified atom stereocenters. The van der Waals surface area contributed by atoms with E-state index >= 15 is 0 Å². The van der Waals surface area contributed by atoms with Crippen molar-refractivity contribution >= 4 is 17.0 Å². The Morgan fingerprint density at radius 3 is 2.26 bits per heavy atom. The van der Waals surface area contributed by atoms with E-state index in [4.69, 9.17) is 24.2 Å². The smallest absolute Gasteiger partial charge is 0.410 e. The average molecular weight is 632 g/mol. The predicted molar refractivity (Wildman–Crippen MR) is 182 cm³/mol. The maximum absolute atomic E-state index is 12.7. The van der Waals surface area contributed by atoms with Gasteiger partial charge in [-0.3, -0.25) is 4.98 Å². The van der Waals surface area contributed by atoms with Crippen LogP contribution < -0.4 is 9.47 Å². The van der Waals surface area contributed by atoms with Crippen LogP contribution in [0, 0.1) is 5.92 Å². The summed E-state index contributed by atoms with van der Waals surface area (Å²) in [6, 6.07) is 31.6. The summed E-state index contributed by atoms with van der Waals surface area (Å²) in [6.45, 7) is 9.07. The van der Waals surface area contributed by atoms with Gasteiger partial charge in [0, 0.05) is 47.8 Å². The van der Waals surface area contributed by atoms with E-state index in [1.165, 1.54) is 0 Å². The summed E-state index contributed by atoms with van der Waals surface area (Å²) in [5.74, 6) is 0.701. The molecular weight excluding hydrogens is 590 g/mol. The number of piperidine rings is 1. The summed E-state index contributed by atoms with van der Waals surface area (Å²) in [5, 5.41) is 12.8. The summed E-state index contributed by atoms with van der Waals surface area (Å²) in [6.07, 6.45) is 1.86. The molecule has 1 fully saturated rings. The summed E-state index contributed by atoms with van der Waals surface area (Å²) in [7, 11) is 0. The minimum Gasteiger partial charge on any atom is -0.473 e. The molecule has 0 radical (unpaired) electrons. The fourth-order valence-corrected chi connectivity index (χ4v) is 5.89. The second-order valence-electron chi connectivity index (χ2n) is 13.2. The van der Waals surface area contributed by atoms with Gasteiger partial charge in [0.25, 0.3) is 0 Å². The first-order chi connectivity index (χ1) is 22.6. The molecule has 1 aliphatic heterocycles. The van der Waals surface area contributed by atoms with Gasteiger partial charge in [0.05, 0.1) is 11.1 Å². The third-order valence-corrected chi connectivity index (χ3v) is 8.50. The first kappa shape index (κ1) is 32.0. The number of rotatable bonds is 8. The zero-order chi connectivity index (χ0) is 33.0. The van der Waals surface area contributed by atoms with E-state index in [1.54, 1.807) is 4.90 Å². The molecule has 6 rings (SSSR count). The second-order valence-corrected chi connectivity index (χ2v) is 13.2. The maximum atomic E-state index is 12.7. The van der Waals surface area contributed by atoms with Crippen LogP contribution in [0.25, 0.3) is 22.0 Å². The Balaban J connectivity index is 1.27. The topological polar surface area (TPSA) is 94.0 Å². The first-order valence-electron chi connectivity index (χ1n) is 16.0. The van der Waals surface area contributed by atoms with Crippen molar-refractivity contribution in [2.24, 2.45) is 5.92 Å². The standard InChI is InChI=1S/C39H41N3O5/c1-27-24-42(37(43)47-38(2,3)4)20-19-39(27,44)32-15-17-34-30(22-32)21-31(23-40-34)33-16-18-35(45-25-28-11-7-5-8-12-28)41-36(33)46-26-29-13-9-6-10-14-29/h5-18,21-23,27,44H,19-20,24-26H2,1-4H3. The van der Waals surface area contributed by atoms with Crippen LogP contribution in [0.2, 0.25) is 0 Å². The van der Waals surface area contributed by atoms with Crippen LogP contribution in [0.15, 0.2) is 103 Å². The summed E-state index contributed by atoms with van der Waals surface area (Å²) in [5.41, 5.74) is 3.61. The Kier molecular flexibility index (Phi) is 9.14. The number of ether oxygens (including phenoxy) is 3. The molecule has 3 heterocycles. The van der Waals surface area contributed by atoms with Gasteiger partial charge in [-0.2, -0.15) is 4.98 Å². The normalized spacial score (nSPS) is 18.1. The average Bonchev–Trinajstić information content (AvgIpc) is 3.07. The number of aromatic nitrogens is 2. The van der Waals surface area contributed by atoms with E-state index in [9.17, 15) is 9.90 Å². The van der Waals surface area contributed by atoms with Gasteiger partial charge in [0.2, 0.25) is 11.8 Å². The zero-order valence-corrected chi connectivity index (χ0v) is 27.3. The molecule has 1 amide bonds. The minimum absolute atomic E-state index is 0.206. The molecule has 1 aliphatic rings. The van der Waals surface area contributed by atoms with Crippen LogP contribution in [-0.4, -0.2) is 44.8 Å². The highest BCUT2D eigenvalue weighted by molar-refractivity contribution is 5.85. The van der Waals surface area contributed by atoms with Crippen molar-refractivity contribution in [3.8, 4) is 22.9 Å². The van der Waals surface area contributed by atoms with Crippen molar-refractivity contribution in [3.05, 3.63) is 120 Å². The van der Waals surface area contributed by atoms with Gasteiger partial charge in [-0.25, -0.2) is 4.79 Å². The van der Waals surface area contributed by atoms with Gasteiger partial charge in [-0.1, -0.05) is 73.7 Å². The number of hydrogen-bond donors (Lipinski definition) is 1. The lowest BCUT2D eigenvalue weighted by Crippen LogP contribution is -2.51. The summed E-state index contributed by atoms with van der Waals surface area (Å²) in [4.78, 5) is 23.9. The third-order valence-electron chi connectivity index (χ3n) is 8.50. The molecule has 47 heavy (non-hydrogen) atoms. The van der Waals surface area contributed by atoms with Crippen LogP contribution in [0.1, 0.15) is 50.8 Å². The highest BCUT2D eigenvalue weighted by Gasteiger charge is 2.42. The molecule has 2 atom stereocenters. The lowest BCUT2D eigenvalue weighted by atomic mass is 9.76. The number of nitrogens with zero attached hydrogens (tertiary/aromatic N) is 3. The number of fused-ring (bicyclic) bond motifs is 1. The SMILES string of the molecule is CC1CN(C(=O)OC(C)(C)C)CCC1(O)c1ccc2ncc(-c3ccc(OCc4ccccc4)nc3OCc3ccccc3)cc2c1. The number of hydrogen-bond acceptors (Lipinski definition) is 7. The van der Waals surface area contributed by atoms with Crippen molar-refractivity contribution < 1.29 is 24.1 Å². The lowest BCUT2D eigenvalue weighted by Gasteiger charge is -2.43. The second kappa shape index (κ2) is 13.4. The molecule has 242 valence electrons. The van der Waals surface area contributed by atoms with Gasteiger partial charge in [0.1, 0.15) is 18.8 Å². The van der Waals surface area contributed by atoms with Gasteiger partial charge < -0.3 is 24.2 Å². The molecule has 0 spiro atoms. The fraction of sp³-hybridized carbons (Fsp3) is 0.308. The number of amides is 1. The van der Waals surface area contributed by atoms with Crippen molar-refractivity contribution in [1.82, 2.24) is 14.9 Å². The highest BCUT2D eigenvalue weighted by Crippen LogP contribution is 2.39. The fourth-order valence-electron chi connectivity index (χ4n) is 5.89. The zero-order valence-electron chi connectivity index (χ0n) is 27.3. The Morgan fingerprint density at radius 1 is 0.915 bits per heavy atom. The van der Waals surface area contributed by atoms with Crippen molar-refractivity contribution in [1.29, 1.82) is 0 Å². The monoisotopic (exact) mass is 631 g/mol. The van der Waals surface area contributed by atoms with Crippen molar-refractivity contribution in [2.75, 3.05) is 13.1 Å². The summed E-state index contributed by atoms with van der Waals surface area (Å²) >= 11 is 0. The Labute approximate surface area is 276 Å². The number of likely N-dealkylation sites (tertiary alicyclic amines) is 1. The van der Waals surface area contributed by atoms with Crippen LogP contribution in [-0.2, 0) is 23.6 Å². The molecule has 5 aromatic rings. The van der Waals surface area contributed by atoms with Crippen LogP contribution in [0.5, 0.6) is 11.8 Å². The largest absolute Gasteiger partial charge is 0.473 e. The molecule has 3 aromatic carbocycles. The van der Waals surface area contributed by atoms with E-state index in [2.05, 4.69) is 0 Å². The lowest BCUT2D eigenvalue weighted by molar-refractivity contribution is -0.0733. The number of aliphatic hydroxyl groups is 1. The van der Waals surface area contributed by atoms with Gasteiger partial charge >= 0.3 is 6.09 Å². The van der Waals surface area contributed by atoms with Crippen LogP contribution in [0.3, 0.4) is 0 Å². The molecule has 1 N–H and O–H groups in total. The number of carbonyl (C=O) groups is 1. The molecule has 2 aromatic heterocycles. The third kappa shape index (κ3) is 7.55. The van der Waals surface area contributed by atoms with E-state index < -0.39 is 11.2 Å². The Morgan fingerprint density at radius 2 is 1.60 bits per heavy atom. The van der Waals surface area contributed by atoms with E-state index in [0.29, 0.717) is 44.5 Å². The quantitative estimate of drug-likeness (QED) is 0.186. The predicted octanol–water partition coefficient (Wildman–Crippen LogP) is 7.92. The molecule has 0 saturated carbocycles. The van der Waals surface area contributed by atoms with Crippen molar-refractivity contribution in [3.63, 3.8) is 0 Å². The molecule has 8 heteroatoms.